The number of amides is 1. The van der Waals surface area contributed by atoms with E-state index in [0.717, 1.165) is 22.5 Å². The number of aromatic nitrogens is 2. The average molecular weight is 369 g/mol. The van der Waals surface area contributed by atoms with Gasteiger partial charge in [-0.05, 0) is 39.3 Å². The average Bonchev–Trinajstić information content (AvgIpc) is 2.84. The number of carbonyl (C=O) groups is 2. The van der Waals surface area contributed by atoms with Gasteiger partial charge in [-0.15, -0.1) is 0 Å². The van der Waals surface area contributed by atoms with E-state index in [1.54, 1.807) is 24.6 Å². The van der Waals surface area contributed by atoms with Crippen molar-refractivity contribution in [1.29, 1.82) is 0 Å². The van der Waals surface area contributed by atoms with Crippen molar-refractivity contribution in [3.8, 4) is 0 Å². The Labute approximate surface area is 160 Å². The smallest absolute Gasteiger partial charge is 0.308 e. The standard InChI is InChI=1S/C21H27N3O3/c1-14(2)27-21(26)13-19(17-9-7-6-8-10-17)22-20(25)12-11-18-15(3)23-24(5)16(18)4/h6-12,14,19H,13H2,1-5H3,(H,22,25)/b12-11+. The van der Waals surface area contributed by atoms with Crippen molar-refractivity contribution >= 4 is 18.0 Å². The van der Waals surface area contributed by atoms with E-state index in [9.17, 15) is 9.59 Å². The Hall–Kier alpha value is -2.89. The van der Waals surface area contributed by atoms with E-state index in [-0.39, 0.29) is 24.4 Å². The topological polar surface area (TPSA) is 73.2 Å². The third-order valence-electron chi connectivity index (χ3n) is 4.22. The molecule has 1 atom stereocenters. The molecule has 0 spiro atoms. The molecule has 1 unspecified atom stereocenters. The molecule has 144 valence electrons. The molecule has 0 aliphatic rings. The van der Waals surface area contributed by atoms with Gasteiger partial charge in [-0.2, -0.15) is 5.10 Å². The van der Waals surface area contributed by atoms with Crippen molar-refractivity contribution in [3.05, 3.63) is 58.9 Å². The SMILES string of the molecule is Cc1nn(C)c(C)c1/C=C/C(=O)NC(CC(=O)OC(C)C)c1ccccc1. The maximum absolute atomic E-state index is 12.5. The quantitative estimate of drug-likeness (QED) is 0.601. The lowest BCUT2D eigenvalue weighted by molar-refractivity contribution is -0.148. The second kappa shape index (κ2) is 9.16. The van der Waals surface area contributed by atoms with E-state index in [2.05, 4.69) is 10.4 Å². The highest BCUT2D eigenvalue weighted by molar-refractivity contribution is 5.92. The minimum atomic E-state index is -0.453. The number of carbonyl (C=O) groups excluding carboxylic acids is 2. The van der Waals surface area contributed by atoms with Crippen LogP contribution in [0.2, 0.25) is 0 Å². The molecular weight excluding hydrogens is 342 g/mol. The van der Waals surface area contributed by atoms with Crippen LogP contribution in [0.1, 0.15) is 48.8 Å². The molecule has 6 heteroatoms. The third kappa shape index (κ3) is 5.81. The normalized spacial score (nSPS) is 12.4. The maximum atomic E-state index is 12.5. The number of ether oxygens (including phenoxy) is 1. The zero-order valence-corrected chi connectivity index (χ0v) is 16.5. The van der Waals surface area contributed by atoms with Gasteiger partial charge in [-0.3, -0.25) is 14.3 Å². The monoisotopic (exact) mass is 369 g/mol. The van der Waals surface area contributed by atoms with E-state index < -0.39 is 6.04 Å². The van der Waals surface area contributed by atoms with Crippen LogP contribution in [0.4, 0.5) is 0 Å². The fourth-order valence-electron chi connectivity index (χ4n) is 2.83. The molecule has 1 aromatic carbocycles. The molecule has 1 aromatic heterocycles. The Bertz CT molecular complexity index is 823. The second-order valence-electron chi connectivity index (χ2n) is 6.76. The lowest BCUT2D eigenvalue weighted by Crippen LogP contribution is -2.29. The molecule has 1 N–H and O–H groups in total. The summed E-state index contributed by atoms with van der Waals surface area (Å²) >= 11 is 0. The first-order valence-corrected chi connectivity index (χ1v) is 9.01. The summed E-state index contributed by atoms with van der Waals surface area (Å²) in [5, 5.41) is 7.24. The molecule has 0 saturated heterocycles. The van der Waals surface area contributed by atoms with E-state index in [1.807, 2.05) is 51.2 Å². The van der Waals surface area contributed by atoms with Crippen molar-refractivity contribution in [2.24, 2.45) is 7.05 Å². The second-order valence-corrected chi connectivity index (χ2v) is 6.76. The number of rotatable bonds is 7. The summed E-state index contributed by atoms with van der Waals surface area (Å²) in [7, 11) is 1.87. The molecule has 0 aliphatic carbocycles. The van der Waals surface area contributed by atoms with Gasteiger partial charge in [0.1, 0.15) is 0 Å². The van der Waals surface area contributed by atoms with Gasteiger partial charge in [-0.1, -0.05) is 30.3 Å². The molecule has 1 heterocycles. The van der Waals surface area contributed by atoms with E-state index in [0.29, 0.717) is 0 Å². The molecule has 0 fully saturated rings. The number of nitrogens with zero attached hydrogens (tertiary/aromatic N) is 2. The predicted octanol–water partition coefficient (Wildman–Crippen LogP) is 3.25. The van der Waals surface area contributed by atoms with Gasteiger partial charge >= 0.3 is 5.97 Å². The maximum Gasteiger partial charge on any atom is 0.308 e. The fourth-order valence-corrected chi connectivity index (χ4v) is 2.83. The first-order chi connectivity index (χ1) is 12.8. The van der Waals surface area contributed by atoms with Crippen LogP contribution >= 0.6 is 0 Å². The minimum Gasteiger partial charge on any atom is -0.463 e. The van der Waals surface area contributed by atoms with Crippen molar-refractivity contribution in [1.82, 2.24) is 15.1 Å². The molecule has 2 rings (SSSR count). The highest BCUT2D eigenvalue weighted by Gasteiger charge is 2.19. The summed E-state index contributed by atoms with van der Waals surface area (Å²) in [5.41, 5.74) is 3.62. The predicted molar refractivity (Wildman–Crippen MR) is 105 cm³/mol. The first kappa shape index (κ1) is 20.4. The minimum absolute atomic E-state index is 0.0761. The summed E-state index contributed by atoms with van der Waals surface area (Å²) in [4.78, 5) is 24.5. The highest BCUT2D eigenvalue weighted by Crippen LogP contribution is 2.18. The summed E-state index contributed by atoms with van der Waals surface area (Å²) in [6.45, 7) is 7.45. The third-order valence-corrected chi connectivity index (χ3v) is 4.22. The number of benzene rings is 1. The molecule has 2 aromatic rings. The van der Waals surface area contributed by atoms with Crippen molar-refractivity contribution in [2.75, 3.05) is 0 Å². The fraction of sp³-hybridized carbons (Fsp3) is 0.381. The van der Waals surface area contributed by atoms with Crippen LogP contribution in [-0.2, 0) is 21.4 Å². The number of hydrogen-bond donors (Lipinski definition) is 1. The van der Waals surface area contributed by atoms with Gasteiger partial charge in [0, 0.05) is 24.4 Å². The molecule has 0 saturated carbocycles. The number of aryl methyl sites for hydroxylation is 2. The largest absolute Gasteiger partial charge is 0.463 e. The van der Waals surface area contributed by atoms with Crippen molar-refractivity contribution in [3.63, 3.8) is 0 Å². The summed E-state index contributed by atoms with van der Waals surface area (Å²) in [6.07, 6.45) is 3.11. The summed E-state index contributed by atoms with van der Waals surface area (Å²) < 4.78 is 7.01. The molecule has 1 amide bonds. The number of nitrogens with one attached hydrogen (secondary N) is 1. The van der Waals surface area contributed by atoms with Crippen LogP contribution in [-0.4, -0.2) is 27.8 Å². The van der Waals surface area contributed by atoms with Gasteiger partial charge in [0.05, 0.1) is 24.3 Å². The van der Waals surface area contributed by atoms with Gasteiger partial charge in [0.15, 0.2) is 0 Å². The van der Waals surface area contributed by atoms with Crippen molar-refractivity contribution < 1.29 is 14.3 Å². The molecule has 27 heavy (non-hydrogen) atoms. The van der Waals surface area contributed by atoms with Gasteiger partial charge < -0.3 is 10.1 Å². The van der Waals surface area contributed by atoms with Crippen LogP contribution < -0.4 is 5.32 Å². The van der Waals surface area contributed by atoms with Crippen LogP contribution in [0, 0.1) is 13.8 Å². The first-order valence-electron chi connectivity index (χ1n) is 9.01. The Morgan fingerprint density at radius 1 is 1.22 bits per heavy atom. The zero-order chi connectivity index (χ0) is 20.0. The molecule has 6 nitrogen and oxygen atoms in total. The van der Waals surface area contributed by atoms with Crippen LogP contribution in [0.15, 0.2) is 36.4 Å². The van der Waals surface area contributed by atoms with Crippen LogP contribution in [0.5, 0.6) is 0 Å². The van der Waals surface area contributed by atoms with Crippen molar-refractivity contribution in [2.45, 2.75) is 46.3 Å². The summed E-state index contributed by atoms with van der Waals surface area (Å²) in [6, 6.07) is 8.95. The molecule has 0 bridgehead atoms. The van der Waals surface area contributed by atoms with Crippen LogP contribution in [0.3, 0.4) is 0 Å². The highest BCUT2D eigenvalue weighted by atomic mass is 16.5. The molecular formula is C21H27N3O3. The molecule has 0 aliphatic heterocycles. The number of hydrogen-bond acceptors (Lipinski definition) is 4. The molecule has 0 radical (unpaired) electrons. The Morgan fingerprint density at radius 2 is 1.89 bits per heavy atom. The zero-order valence-electron chi connectivity index (χ0n) is 16.5. The van der Waals surface area contributed by atoms with E-state index in [1.165, 1.54) is 6.08 Å². The lowest BCUT2D eigenvalue weighted by Gasteiger charge is -2.18. The Morgan fingerprint density at radius 3 is 2.44 bits per heavy atom. The van der Waals surface area contributed by atoms with E-state index >= 15 is 0 Å². The Balaban J connectivity index is 2.13. The van der Waals surface area contributed by atoms with Gasteiger partial charge in [0.25, 0.3) is 0 Å². The van der Waals surface area contributed by atoms with E-state index in [4.69, 9.17) is 4.74 Å². The van der Waals surface area contributed by atoms with Gasteiger partial charge in [0.2, 0.25) is 5.91 Å². The Kier molecular flexibility index (Phi) is 6.93. The van der Waals surface area contributed by atoms with Crippen LogP contribution in [0.25, 0.3) is 6.08 Å². The summed E-state index contributed by atoms with van der Waals surface area (Å²) in [5.74, 6) is -0.620. The number of esters is 1. The van der Waals surface area contributed by atoms with Gasteiger partial charge in [-0.25, -0.2) is 0 Å². The lowest BCUT2D eigenvalue weighted by atomic mass is 10.0.